The zero-order chi connectivity index (χ0) is 28.5. The maximum Gasteiger partial charge on any atom is 0.331 e. The number of Topliss-reactive ketones (excluding diaryl/α,β-unsaturated/α-hetero) is 2. The Labute approximate surface area is 229 Å². The molecule has 2 aromatic carbocycles. The fourth-order valence-electron chi connectivity index (χ4n) is 6.09. The van der Waals surface area contributed by atoms with Crippen molar-refractivity contribution in [1.29, 1.82) is 0 Å². The van der Waals surface area contributed by atoms with E-state index in [0.29, 0.717) is 30.5 Å². The highest BCUT2D eigenvalue weighted by Gasteiger charge is 2.53. The van der Waals surface area contributed by atoms with Gasteiger partial charge in [-0.3, -0.25) is 9.59 Å². The van der Waals surface area contributed by atoms with Crippen LogP contribution < -0.4 is 10.5 Å². The molecule has 210 valence electrons. The summed E-state index contributed by atoms with van der Waals surface area (Å²) in [4.78, 5) is 43.1. The number of phenols is 1. The van der Waals surface area contributed by atoms with Gasteiger partial charge in [-0.05, 0) is 57.0 Å². The summed E-state index contributed by atoms with van der Waals surface area (Å²) in [6.45, 7) is 3.68. The first-order chi connectivity index (χ1) is 19.1. The molecule has 0 aromatic heterocycles. The average Bonchev–Trinajstić information content (AvgIpc) is 3.24. The number of hydrogen-bond acceptors (Lipinski definition) is 11. The van der Waals surface area contributed by atoms with Gasteiger partial charge in [-0.2, -0.15) is 0 Å². The molecule has 0 radical (unpaired) electrons. The molecule has 2 unspecified atom stereocenters. The molecule has 6 rings (SSSR count). The molecule has 11 nitrogen and oxygen atoms in total. The lowest BCUT2D eigenvalue weighted by atomic mass is 9.78. The minimum absolute atomic E-state index is 0.00414. The SMILES string of the molecule is Cc1cc(O)c2c(c1)C1OC(=O)[C@@H](CCCN)N1C1=C2C(=O)c2cccc(OC3C[C@@H](O)[C@@H](O)[C@H](C)O3)c2C1=O. The van der Waals surface area contributed by atoms with Crippen molar-refractivity contribution in [3.63, 3.8) is 0 Å². The smallest absolute Gasteiger partial charge is 0.331 e. The second kappa shape index (κ2) is 9.70. The first kappa shape index (κ1) is 26.5. The van der Waals surface area contributed by atoms with E-state index >= 15 is 0 Å². The summed E-state index contributed by atoms with van der Waals surface area (Å²) >= 11 is 0. The normalized spacial score (nSPS) is 29.0. The van der Waals surface area contributed by atoms with E-state index in [4.69, 9.17) is 19.9 Å². The Morgan fingerprint density at radius 1 is 1.12 bits per heavy atom. The molecule has 3 heterocycles. The van der Waals surface area contributed by atoms with Crippen LogP contribution in [0.1, 0.15) is 69.8 Å². The molecule has 2 saturated heterocycles. The van der Waals surface area contributed by atoms with Crippen molar-refractivity contribution in [1.82, 2.24) is 4.90 Å². The fraction of sp³-hybridized carbons (Fsp3) is 0.414. The van der Waals surface area contributed by atoms with Crippen LogP contribution in [-0.4, -0.2) is 74.9 Å². The number of carbonyl (C=O) groups excluding carboxylic acids is 3. The summed E-state index contributed by atoms with van der Waals surface area (Å²) in [6.07, 6.45) is -4.18. The van der Waals surface area contributed by atoms with Crippen LogP contribution >= 0.6 is 0 Å². The Morgan fingerprint density at radius 3 is 2.62 bits per heavy atom. The molecule has 3 aliphatic heterocycles. The van der Waals surface area contributed by atoms with E-state index in [1.54, 1.807) is 26.0 Å². The number of aliphatic hydroxyl groups excluding tert-OH is 2. The lowest BCUT2D eigenvalue weighted by Gasteiger charge is -2.39. The summed E-state index contributed by atoms with van der Waals surface area (Å²) in [6, 6.07) is 6.97. The summed E-state index contributed by atoms with van der Waals surface area (Å²) in [5.41, 5.74) is 6.99. The number of rotatable bonds is 5. The van der Waals surface area contributed by atoms with Crippen molar-refractivity contribution < 1.29 is 43.9 Å². The minimum Gasteiger partial charge on any atom is -0.507 e. The molecular weight excluding hydrogens is 520 g/mol. The molecular formula is C29H30N2O9. The van der Waals surface area contributed by atoms with E-state index in [0.717, 1.165) is 0 Å². The predicted molar refractivity (Wildman–Crippen MR) is 139 cm³/mol. The maximum absolute atomic E-state index is 14.4. The van der Waals surface area contributed by atoms with Crippen LogP contribution in [0.5, 0.6) is 11.5 Å². The maximum atomic E-state index is 14.4. The molecule has 2 fully saturated rings. The first-order valence-electron chi connectivity index (χ1n) is 13.3. The quantitative estimate of drug-likeness (QED) is 0.400. The number of ether oxygens (including phenoxy) is 3. The van der Waals surface area contributed by atoms with E-state index in [1.165, 1.54) is 23.1 Å². The van der Waals surface area contributed by atoms with Crippen LogP contribution in [0.15, 0.2) is 36.0 Å². The number of carbonyl (C=O) groups is 3. The lowest BCUT2D eigenvalue weighted by molar-refractivity contribution is -0.216. The Hall–Kier alpha value is -3.77. The largest absolute Gasteiger partial charge is 0.507 e. The lowest BCUT2D eigenvalue weighted by Crippen LogP contribution is -2.48. The van der Waals surface area contributed by atoms with Crippen molar-refractivity contribution in [2.75, 3.05) is 6.54 Å². The van der Waals surface area contributed by atoms with Gasteiger partial charge >= 0.3 is 5.97 Å². The summed E-state index contributed by atoms with van der Waals surface area (Å²) in [5, 5.41) is 31.3. The number of ketones is 2. The average molecular weight is 551 g/mol. The second-order valence-corrected chi connectivity index (χ2v) is 10.6. The molecule has 1 aliphatic carbocycles. The van der Waals surface area contributed by atoms with Crippen LogP contribution in [0, 0.1) is 6.92 Å². The number of benzene rings is 2. The van der Waals surface area contributed by atoms with Gasteiger partial charge in [0, 0.05) is 23.1 Å². The number of phenolic OH excluding ortho intramolecular Hbond substituents is 1. The number of nitrogens with two attached hydrogens (primary N) is 1. The van der Waals surface area contributed by atoms with Crippen LogP contribution in [0.2, 0.25) is 0 Å². The van der Waals surface area contributed by atoms with Gasteiger partial charge in [-0.15, -0.1) is 0 Å². The van der Waals surface area contributed by atoms with E-state index in [-0.39, 0.29) is 45.9 Å². The van der Waals surface area contributed by atoms with E-state index in [2.05, 4.69) is 0 Å². The van der Waals surface area contributed by atoms with Crippen LogP contribution in [0.3, 0.4) is 0 Å². The molecule has 0 spiro atoms. The van der Waals surface area contributed by atoms with Crippen molar-refractivity contribution in [3.8, 4) is 11.5 Å². The first-order valence-corrected chi connectivity index (χ1v) is 13.3. The molecule has 11 heteroatoms. The van der Waals surface area contributed by atoms with E-state index in [9.17, 15) is 29.7 Å². The van der Waals surface area contributed by atoms with Crippen LogP contribution in [0.25, 0.3) is 5.57 Å². The highest BCUT2D eigenvalue weighted by molar-refractivity contribution is 6.41. The Bertz CT molecular complexity index is 1460. The monoisotopic (exact) mass is 550 g/mol. The molecule has 6 atom stereocenters. The highest BCUT2D eigenvalue weighted by atomic mass is 16.7. The topological polar surface area (TPSA) is 169 Å². The number of allylic oxidation sites excluding steroid dienone is 2. The summed E-state index contributed by atoms with van der Waals surface area (Å²) < 4.78 is 17.4. The molecule has 0 saturated carbocycles. The standard InChI is InChI=1S/C29H30N2O9/c1-12-9-15-21(17(32)10-12)23-24(31-16(6-4-8-30)29(37)40-28(15)31)27(36)22-14(26(23)35)5-3-7-19(22)39-20-11-18(33)25(34)13(2)38-20/h3,5,7,9-10,13,16,18,20,25,28,32-34H,4,6,8,11,30H2,1-2H3/t13-,16+,18+,20?,25-,28?/m0/s1. The number of aryl methyl sites for hydroxylation is 1. The van der Waals surface area contributed by atoms with Gasteiger partial charge in [-0.1, -0.05) is 12.1 Å². The Balaban J connectivity index is 1.50. The van der Waals surface area contributed by atoms with E-state index in [1.807, 2.05) is 0 Å². The number of nitrogens with zero attached hydrogens (tertiary/aromatic N) is 1. The van der Waals surface area contributed by atoms with Crippen LogP contribution in [0.4, 0.5) is 0 Å². The minimum atomic E-state index is -1.10. The number of aromatic hydroxyl groups is 1. The molecule has 4 aliphatic rings. The van der Waals surface area contributed by atoms with Gasteiger partial charge in [0.2, 0.25) is 18.3 Å². The van der Waals surface area contributed by atoms with Gasteiger partial charge in [0.25, 0.3) is 0 Å². The number of fused-ring (bicyclic) bond motifs is 6. The molecule has 2 aromatic rings. The molecule has 40 heavy (non-hydrogen) atoms. The zero-order valence-corrected chi connectivity index (χ0v) is 22.0. The van der Waals surface area contributed by atoms with Crippen molar-refractivity contribution in [2.45, 2.75) is 70.0 Å². The van der Waals surface area contributed by atoms with Gasteiger partial charge in [-0.25, -0.2) is 4.79 Å². The van der Waals surface area contributed by atoms with Gasteiger partial charge < -0.3 is 40.2 Å². The second-order valence-electron chi connectivity index (χ2n) is 10.6. The Morgan fingerprint density at radius 2 is 1.90 bits per heavy atom. The molecule has 5 N–H and O–H groups in total. The summed E-state index contributed by atoms with van der Waals surface area (Å²) in [5.74, 6) is -1.77. The third-order valence-electron chi connectivity index (χ3n) is 7.95. The Kier molecular flexibility index (Phi) is 6.42. The third kappa shape index (κ3) is 3.92. The van der Waals surface area contributed by atoms with Gasteiger partial charge in [0.1, 0.15) is 29.3 Å². The van der Waals surface area contributed by atoms with Crippen molar-refractivity contribution in [3.05, 3.63) is 63.8 Å². The van der Waals surface area contributed by atoms with Crippen molar-refractivity contribution >= 4 is 23.1 Å². The van der Waals surface area contributed by atoms with Gasteiger partial charge in [0.05, 0.1) is 23.3 Å². The van der Waals surface area contributed by atoms with Crippen molar-refractivity contribution in [2.24, 2.45) is 5.73 Å². The highest BCUT2D eigenvalue weighted by Crippen LogP contribution is 2.52. The predicted octanol–water partition coefficient (Wildman–Crippen LogP) is 1.70. The number of hydrogen-bond donors (Lipinski definition) is 4. The number of aliphatic hydroxyl groups is 2. The van der Waals surface area contributed by atoms with Gasteiger partial charge in [0.15, 0.2) is 5.78 Å². The molecule has 0 amide bonds. The number of esters is 1. The van der Waals surface area contributed by atoms with E-state index < -0.39 is 54.4 Å². The zero-order valence-electron chi connectivity index (χ0n) is 22.0. The molecule has 0 bridgehead atoms. The van der Waals surface area contributed by atoms with Crippen LogP contribution in [-0.2, 0) is 14.3 Å². The fourth-order valence-corrected chi connectivity index (χ4v) is 6.09. The third-order valence-corrected chi connectivity index (χ3v) is 7.95. The summed E-state index contributed by atoms with van der Waals surface area (Å²) in [7, 11) is 0.